The molecule has 0 aromatic heterocycles. The Balaban J connectivity index is 1.32. The number of halogens is 1. The fourth-order valence-electron chi connectivity index (χ4n) is 3.76. The van der Waals surface area contributed by atoms with Gasteiger partial charge in [-0.3, -0.25) is 0 Å². The Morgan fingerprint density at radius 2 is 1.31 bits per heavy atom. The highest BCUT2D eigenvalue weighted by Gasteiger charge is 2.20. The van der Waals surface area contributed by atoms with Crippen LogP contribution in [0, 0.1) is 0 Å². The maximum atomic E-state index is 12.7. The maximum Gasteiger partial charge on any atom is 0.319 e. The molecule has 2 aliphatic heterocycles. The van der Waals surface area contributed by atoms with Crippen molar-refractivity contribution >= 4 is 23.3 Å². The molecule has 0 atom stereocenters. The summed E-state index contributed by atoms with van der Waals surface area (Å²) in [7, 11) is 0. The zero-order chi connectivity index (χ0) is 21.9. The van der Waals surface area contributed by atoms with Crippen molar-refractivity contribution < 1.29 is 23.7 Å². The molecule has 3 aromatic carbocycles. The first-order chi connectivity index (χ1) is 15.6. The van der Waals surface area contributed by atoms with E-state index in [4.69, 9.17) is 30.5 Å². The maximum absolute atomic E-state index is 12.7. The molecule has 5 rings (SSSR count). The molecule has 0 saturated carbocycles. The smallest absolute Gasteiger partial charge is 0.319 e. The van der Waals surface area contributed by atoms with Crippen molar-refractivity contribution in [2.24, 2.45) is 0 Å². The fourth-order valence-corrected chi connectivity index (χ4v) is 3.89. The van der Waals surface area contributed by atoms with E-state index in [0.29, 0.717) is 23.6 Å². The van der Waals surface area contributed by atoms with Crippen molar-refractivity contribution in [2.75, 3.05) is 18.9 Å². The highest BCUT2D eigenvalue weighted by molar-refractivity contribution is 6.30. The molecule has 0 aliphatic carbocycles. The molecule has 8 heteroatoms. The molecule has 3 aromatic rings. The van der Waals surface area contributed by atoms with Gasteiger partial charge in [0.05, 0.1) is 0 Å². The van der Waals surface area contributed by atoms with Gasteiger partial charge < -0.3 is 29.6 Å². The Hall–Kier alpha value is -3.58. The number of hydrogen-bond donors (Lipinski definition) is 2. The third kappa shape index (κ3) is 4.68. The Kier molecular flexibility index (Phi) is 5.64. The lowest BCUT2D eigenvalue weighted by Crippen LogP contribution is -2.40. The molecule has 0 unspecified atom stereocenters. The van der Waals surface area contributed by atoms with Gasteiger partial charge in [0.25, 0.3) is 0 Å². The zero-order valence-electron chi connectivity index (χ0n) is 17.1. The normalized spacial score (nSPS) is 13.3. The number of hydrogen-bond acceptors (Lipinski definition) is 5. The molecular weight excluding hydrogens is 432 g/mol. The van der Waals surface area contributed by atoms with E-state index in [0.717, 1.165) is 34.1 Å². The number of anilines is 1. The number of urea groups is 1. The second-order valence-corrected chi connectivity index (χ2v) is 8.02. The van der Waals surface area contributed by atoms with E-state index in [1.807, 2.05) is 36.4 Å². The lowest BCUT2D eigenvalue weighted by Gasteiger charge is -2.20. The minimum Gasteiger partial charge on any atom is -0.454 e. The Labute approximate surface area is 190 Å². The van der Waals surface area contributed by atoms with Crippen LogP contribution in [0.1, 0.15) is 11.1 Å². The molecule has 0 fully saturated rings. The second kappa shape index (κ2) is 8.88. The molecule has 0 saturated heterocycles. The lowest BCUT2D eigenvalue weighted by molar-refractivity contribution is 0.173. The van der Waals surface area contributed by atoms with Crippen LogP contribution in [0.5, 0.6) is 23.0 Å². The van der Waals surface area contributed by atoms with Crippen molar-refractivity contribution in [1.29, 1.82) is 0 Å². The first-order valence-corrected chi connectivity index (χ1v) is 10.6. The van der Waals surface area contributed by atoms with Crippen LogP contribution in [-0.2, 0) is 12.8 Å². The number of rotatable bonds is 6. The zero-order valence-corrected chi connectivity index (χ0v) is 17.9. The minimum atomic E-state index is -0.293. The monoisotopic (exact) mass is 452 g/mol. The quantitative estimate of drug-likeness (QED) is 0.563. The highest BCUT2D eigenvalue weighted by atomic mass is 35.5. The van der Waals surface area contributed by atoms with E-state index in [1.165, 1.54) is 0 Å². The predicted octanol–water partition coefficient (Wildman–Crippen LogP) is 4.77. The number of benzene rings is 3. The van der Waals surface area contributed by atoms with Crippen molar-refractivity contribution in [3.8, 4) is 23.0 Å². The third-order valence-electron chi connectivity index (χ3n) is 5.28. The van der Waals surface area contributed by atoms with Crippen molar-refractivity contribution in [3.05, 3.63) is 76.8 Å². The summed E-state index contributed by atoms with van der Waals surface area (Å²) in [6, 6.07) is 18.2. The highest BCUT2D eigenvalue weighted by Crippen LogP contribution is 2.34. The summed E-state index contributed by atoms with van der Waals surface area (Å²) in [6.45, 7) is 0.447. The molecule has 2 heterocycles. The Morgan fingerprint density at radius 1 is 0.781 bits per heavy atom. The molecule has 0 bridgehead atoms. The van der Waals surface area contributed by atoms with Gasteiger partial charge in [-0.15, -0.1) is 0 Å². The summed E-state index contributed by atoms with van der Waals surface area (Å²) in [6.07, 6.45) is 1.22. The van der Waals surface area contributed by atoms with Crippen molar-refractivity contribution in [3.63, 3.8) is 0 Å². The molecule has 2 aliphatic rings. The first-order valence-electron chi connectivity index (χ1n) is 10.2. The van der Waals surface area contributed by atoms with Crippen LogP contribution in [0.25, 0.3) is 0 Å². The number of nitrogens with one attached hydrogen (secondary N) is 2. The van der Waals surface area contributed by atoms with Gasteiger partial charge in [-0.25, -0.2) is 4.79 Å². The van der Waals surface area contributed by atoms with Crippen LogP contribution in [0.2, 0.25) is 5.02 Å². The second-order valence-electron chi connectivity index (χ2n) is 7.59. The number of fused-ring (bicyclic) bond motifs is 2. The van der Waals surface area contributed by atoms with Crippen molar-refractivity contribution in [1.82, 2.24) is 5.32 Å². The van der Waals surface area contributed by atoms with Gasteiger partial charge in [0.15, 0.2) is 23.0 Å². The molecule has 0 radical (unpaired) electrons. The number of amides is 2. The van der Waals surface area contributed by atoms with Gasteiger partial charge in [-0.2, -0.15) is 0 Å². The van der Waals surface area contributed by atoms with Crippen LogP contribution < -0.4 is 29.6 Å². The van der Waals surface area contributed by atoms with Crippen LogP contribution in [-0.4, -0.2) is 25.7 Å². The summed E-state index contributed by atoms with van der Waals surface area (Å²) < 4.78 is 21.8. The van der Waals surface area contributed by atoms with E-state index < -0.39 is 0 Å². The summed E-state index contributed by atoms with van der Waals surface area (Å²) in [4.78, 5) is 12.7. The summed E-state index contributed by atoms with van der Waals surface area (Å²) in [5.41, 5.74) is 2.73. The predicted molar refractivity (Wildman–Crippen MR) is 120 cm³/mol. The summed E-state index contributed by atoms with van der Waals surface area (Å²) in [5, 5.41) is 6.55. The van der Waals surface area contributed by atoms with E-state index in [2.05, 4.69) is 10.6 Å². The van der Waals surface area contributed by atoms with Gasteiger partial charge in [0.1, 0.15) is 0 Å². The van der Waals surface area contributed by atoms with Crippen LogP contribution in [0.4, 0.5) is 10.5 Å². The average molecular weight is 453 g/mol. The molecular formula is C24H21ClN2O5. The van der Waals surface area contributed by atoms with Gasteiger partial charge >= 0.3 is 6.03 Å². The van der Waals surface area contributed by atoms with Gasteiger partial charge in [0.2, 0.25) is 13.6 Å². The van der Waals surface area contributed by atoms with E-state index in [-0.39, 0.29) is 25.7 Å². The number of carbonyl (C=O) groups excluding carboxylic acids is 1. The molecule has 0 spiro atoms. The molecule has 2 amide bonds. The average Bonchev–Trinajstić information content (AvgIpc) is 3.43. The van der Waals surface area contributed by atoms with E-state index in [9.17, 15) is 4.79 Å². The lowest BCUT2D eigenvalue weighted by atomic mass is 9.98. The van der Waals surface area contributed by atoms with Gasteiger partial charge in [0, 0.05) is 16.8 Å². The van der Waals surface area contributed by atoms with Crippen LogP contribution in [0.3, 0.4) is 0 Å². The van der Waals surface area contributed by atoms with Crippen molar-refractivity contribution in [2.45, 2.75) is 18.9 Å². The Bertz CT molecular complexity index is 1080. The first kappa shape index (κ1) is 20.3. The third-order valence-corrected chi connectivity index (χ3v) is 5.53. The molecule has 164 valence electrons. The largest absolute Gasteiger partial charge is 0.454 e. The SMILES string of the molecule is O=C(Nc1ccc(Cl)cc1)NC(Cc1ccc2c(c1)OCO2)Cc1ccc2c(c1)OCO2. The standard InChI is InChI=1S/C24H21ClN2O5/c25-17-3-5-18(6-4-17)26-24(28)27-19(9-15-1-7-20-22(11-15)31-13-29-20)10-16-2-8-21-23(12-16)32-14-30-21/h1-8,11-12,19H,9-10,13-14H2,(H2,26,27,28). The number of carbonyl (C=O) groups is 1. The fraction of sp³-hybridized carbons (Fsp3) is 0.208. The summed E-state index contributed by atoms with van der Waals surface area (Å²) >= 11 is 5.93. The molecule has 2 N–H and O–H groups in total. The number of ether oxygens (including phenoxy) is 4. The van der Waals surface area contributed by atoms with Gasteiger partial charge in [-0.05, 0) is 72.5 Å². The minimum absolute atomic E-state index is 0.178. The molecule has 7 nitrogen and oxygen atoms in total. The summed E-state index contributed by atoms with van der Waals surface area (Å²) in [5.74, 6) is 2.90. The van der Waals surface area contributed by atoms with Gasteiger partial charge in [-0.1, -0.05) is 23.7 Å². The van der Waals surface area contributed by atoms with E-state index >= 15 is 0 Å². The van der Waals surface area contributed by atoms with Crippen LogP contribution in [0.15, 0.2) is 60.7 Å². The van der Waals surface area contributed by atoms with E-state index in [1.54, 1.807) is 24.3 Å². The topological polar surface area (TPSA) is 78.1 Å². The Morgan fingerprint density at radius 3 is 1.88 bits per heavy atom. The van der Waals surface area contributed by atoms with Crippen LogP contribution >= 0.6 is 11.6 Å². The molecule has 32 heavy (non-hydrogen) atoms.